The predicted octanol–water partition coefficient (Wildman–Crippen LogP) is 2.48. The first-order valence-electron chi connectivity index (χ1n) is 8.37. The molecule has 0 radical (unpaired) electrons. The van der Waals surface area contributed by atoms with Crippen LogP contribution in [0.25, 0.3) is 0 Å². The molecular formula is C18H28N2O5. The Kier molecular flexibility index (Phi) is 7.21. The molecule has 2 N–H and O–H groups in total. The number of carboxylic acids is 1. The molecule has 7 nitrogen and oxygen atoms in total. The van der Waals surface area contributed by atoms with E-state index in [1.165, 1.54) is 11.0 Å². The van der Waals surface area contributed by atoms with Crippen LogP contribution < -0.4 is 5.32 Å². The van der Waals surface area contributed by atoms with Crippen molar-refractivity contribution < 1.29 is 24.2 Å². The zero-order valence-corrected chi connectivity index (χ0v) is 15.2. The van der Waals surface area contributed by atoms with Gasteiger partial charge in [0, 0.05) is 6.04 Å². The molecule has 1 rings (SSSR count). The van der Waals surface area contributed by atoms with Crippen LogP contribution in [0.5, 0.6) is 0 Å². The minimum atomic E-state index is -1.05. The van der Waals surface area contributed by atoms with Gasteiger partial charge >= 0.3 is 12.1 Å². The van der Waals surface area contributed by atoms with Crippen molar-refractivity contribution in [3.63, 3.8) is 0 Å². The van der Waals surface area contributed by atoms with E-state index >= 15 is 0 Å². The molecule has 1 heterocycles. The van der Waals surface area contributed by atoms with Crippen molar-refractivity contribution >= 4 is 18.0 Å². The van der Waals surface area contributed by atoms with Crippen LogP contribution in [0.3, 0.4) is 0 Å². The van der Waals surface area contributed by atoms with Gasteiger partial charge in [-0.1, -0.05) is 12.2 Å². The Morgan fingerprint density at radius 3 is 2.40 bits per heavy atom. The average molecular weight is 352 g/mol. The zero-order chi connectivity index (χ0) is 19.2. The van der Waals surface area contributed by atoms with E-state index in [1.807, 2.05) is 0 Å². The predicted molar refractivity (Wildman–Crippen MR) is 94.1 cm³/mol. The summed E-state index contributed by atoms with van der Waals surface area (Å²) in [4.78, 5) is 37.8. The lowest BCUT2D eigenvalue weighted by atomic mass is 10.1. The Hall–Kier alpha value is -2.31. The van der Waals surface area contributed by atoms with Crippen LogP contribution in [0.1, 0.15) is 46.5 Å². The second kappa shape index (κ2) is 8.69. The van der Waals surface area contributed by atoms with Crippen LogP contribution in [-0.2, 0) is 14.3 Å². The molecule has 0 aromatic rings. The third-order valence-corrected chi connectivity index (χ3v) is 3.87. The van der Waals surface area contributed by atoms with Crippen molar-refractivity contribution in [2.24, 2.45) is 0 Å². The molecule has 0 aliphatic carbocycles. The molecule has 3 atom stereocenters. The standard InChI is InChI=1S/C18H28N2O5/c1-6-8-12-10-11-14(16(22)23)20(12)15(21)13(9-7-2)19-17(24)25-18(3,4)5/h6-7,12-14H,1-2,8-11H2,3-5H3,(H,19,24)(H,22,23). The van der Waals surface area contributed by atoms with Crippen molar-refractivity contribution in [2.75, 3.05) is 0 Å². The van der Waals surface area contributed by atoms with Gasteiger partial charge in [0.1, 0.15) is 17.7 Å². The first kappa shape index (κ1) is 20.7. The van der Waals surface area contributed by atoms with Crippen molar-refractivity contribution in [3.05, 3.63) is 25.3 Å². The van der Waals surface area contributed by atoms with E-state index in [0.717, 1.165) is 0 Å². The molecule has 1 aliphatic rings. The minimum absolute atomic E-state index is 0.182. The fraction of sp³-hybridized carbons (Fsp3) is 0.611. The monoisotopic (exact) mass is 352 g/mol. The largest absolute Gasteiger partial charge is 0.480 e. The first-order valence-corrected chi connectivity index (χ1v) is 8.37. The second-order valence-corrected chi connectivity index (χ2v) is 7.08. The van der Waals surface area contributed by atoms with Gasteiger partial charge in [-0.3, -0.25) is 4.79 Å². The molecular weight excluding hydrogens is 324 g/mol. The van der Waals surface area contributed by atoms with E-state index in [1.54, 1.807) is 26.8 Å². The molecule has 3 unspecified atom stereocenters. The van der Waals surface area contributed by atoms with Gasteiger partial charge in [0.2, 0.25) is 5.91 Å². The van der Waals surface area contributed by atoms with E-state index < -0.39 is 35.7 Å². The summed E-state index contributed by atoms with van der Waals surface area (Å²) in [6.07, 6.45) is 4.10. The zero-order valence-electron chi connectivity index (χ0n) is 15.2. The van der Waals surface area contributed by atoms with Crippen LogP contribution in [0.15, 0.2) is 25.3 Å². The van der Waals surface area contributed by atoms with Crippen LogP contribution in [0, 0.1) is 0 Å². The molecule has 7 heteroatoms. The van der Waals surface area contributed by atoms with E-state index in [0.29, 0.717) is 19.3 Å². The summed E-state index contributed by atoms with van der Waals surface area (Å²) < 4.78 is 5.19. The maximum atomic E-state index is 12.9. The summed E-state index contributed by atoms with van der Waals surface area (Å²) in [5.41, 5.74) is -0.700. The third-order valence-electron chi connectivity index (χ3n) is 3.87. The SMILES string of the molecule is C=CCC(NC(=O)OC(C)(C)C)C(=O)N1C(CC=C)CCC1C(=O)O. The van der Waals surface area contributed by atoms with Gasteiger partial charge in [-0.15, -0.1) is 13.2 Å². The fourth-order valence-electron chi connectivity index (χ4n) is 2.90. The number of hydrogen-bond donors (Lipinski definition) is 2. The van der Waals surface area contributed by atoms with Crippen LogP contribution >= 0.6 is 0 Å². The lowest BCUT2D eigenvalue weighted by Gasteiger charge is -2.32. The summed E-state index contributed by atoms with van der Waals surface area (Å²) in [6.45, 7) is 12.4. The molecule has 1 aliphatic heterocycles. The topological polar surface area (TPSA) is 95.9 Å². The number of rotatable bonds is 7. The summed E-state index contributed by atoms with van der Waals surface area (Å²) >= 11 is 0. The summed E-state index contributed by atoms with van der Waals surface area (Å²) in [6, 6.07) is -2.05. The number of carboxylic acid groups (broad SMARTS) is 1. The Bertz CT molecular complexity index is 538. The van der Waals surface area contributed by atoms with Gasteiger partial charge < -0.3 is 20.1 Å². The number of nitrogens with one attached hydrogen (secondary N) is 1. The number of alkyl carbamates (subject to hydrolysis) is 1. The van der Waals surface area contributed by atoms with Gasteiger partial charge in [0.05, 0.1) is 0 Å². The summed E-state index contributed by atoms with van der Waals surface area (Å²) in [5, 5.41) is 11.9. The minimum Gasteiger partial charge on any atom is -0.480 e. The lowest BCUT2D eigenvalue weighted by molar-refractivity contribution is -0.150. The average Bonchev–Trinajstić information content (AvgIpc) is 2.88. The molecule has 140 valence electrons. The Morgan fingerprint density at radius 2 is 1.92 bits per heavy atom. The van der Waals surface area contributed by atoms with E-state index in [9.17, 15) is 19.5 Å². The summed E-state index contributed by atoms with van der Waals surface area (Å²) in [7, 11) is 0. The van der Waals surface area contributed by atoms with Crippen molar-refractivity contribution in [1.82, 2.24) is 10.2 Å². The van der Waals surface area contributed by atoms with Crippen LogP contribution in [0.2, 0.25) is 0 Å². The summed E-state index contributed by atoms with van der Waals surface area (Å²) in [5.74, 6) is -1.49. The van der Waals surface area contributed by atoms with Gasteiger partial charge in [-0.25, -0.2) is 9.59 Å². The van der Waals surface area contributed by atoms with Gasteiger partial charge in [-0.2, -0.15) is 0 Å². The van der Waals surface area contributed by atoms with E-state index in [-0.39, 0.29) is 12.5 Å². The molecule has 0 spiro atoms. The number of hydrogen-bond acceptors (Lipinski definition) is 4. The molecule has 0 bridgehead atoms. The quantitative estimate of drug-likeness (QED) is 0.686. The normalized spacial score (nSPS) is 21.3. The lowest BCUT2D eigenvalue weighted by Crippen LogP contribution is -2.54. The highest BCUT2D eigenvalue weighted by atomic mass is 16.6. The number of carbonyl (C=O) groups is 3. The molecule has 2 amide bonds. The van der Waals surface area contributed by atoms with Gasteiger partial charge in [0.15, 0.2) is 0 Å². The maximum Gasteiger partial charge on any atom is 0.408 e. The van der Waals surface area contributed by atoms with Crippen LogP contribution in [0.4, 0.5) is 4.79 Å². The maximum absolute atomic E-state index is 12.9. The van der Waals surface area contributed by atoms with Crippen molar-refractivity contribution in [1.29, 1.82) is 0 Å². The number of carbonyl (C=O) groups excluding carboxylic acids is 2. The van der Waals surface area contributed by atoms with Crippen molar-refractivity contribution in [2.45, 2.75) is 70.2 Å². The molecule has 1 fully saturated rings. The molecule has 1 saturated heterocycles. The van der Waals surface area contributed by atoms with Gasteiger partial charge in [0.25, 0.3) is 0 Å². The highest BCUT2D eigenvalue weighted by Crippen LogP contribution is 2.28. The molecule has 25 heavy (non-hydrogen) atoms. The number of likely N-dealkylation sites (tertiary alicyclic amines) is 1. The molecule has 0 aromatic heterocycles. The Morgan fingerprint density at radius 1 is 1.28 bits per heavy atom. The molecule has 0 aromatic carbocycles. The first-order chi connectivity index (χ1) is 11.6. The van der Waals surface area contributed by atoms with E-state index in [2.05, 4.69) is 18.5 Å². The third kappa shape index (κ3) is 5.92. The number of nitrogens with zero attached hydrogens (tertiary/aromatic N) is 1. The number of ether oxygens (including phenoxy) is 1. The second-order valence-electron chi connectivity index (χ2n) is 7.08. The van der Waals surface area contributed by atoms with Crippen LogP contribution in [-0.4, -0.2) is 51.7 Å². The number of aliphatic carboxylic acids is 1. The fourth-order valence-corrected chi connectivity index (χ4v) is 2.90. The van der Waals surface area contributed by atoms with E-state index in [4.69, 9.17) is 4.74 Å². The number of amides is 2. The Balaban J connectivity index is 2.97. The Labute approximate surface area is 148 Å². The molecule has 0 saturated carbocycles. The highest BCUT2D eigenvalue weighted by Gasteiger charge is 2.42. The smallest absolute Gasteiger partial charge is 0.408 e. The van der Waals surface area contributed by atoms with Crippen molar-refractivity contribution in [3.8, 4) is 0 Å². The van der Waals surface area contributed by atoms with Gasteiger partial charge in [-0.05, 0) is 46.5 Å². The highest BCUT2D eigenvalue weighted by molar-refractivity contribution is 5.90.